The van der Waals surface area contributed by atoms with E-state index in [1.165, 1.54) is 4.52 Å². The van der Waals surface area contributed by atoms with E-state index in [2.05, 4.69) is 47.0 Å². The SMILES string of the molecule is Nc1nc(N2CCN3CC(COc4cc5ccccc5cn4)CCC3C2)nc2nc(-c3ccco3)nn12. The van der Waals surface area contributed by atoms with Gasteiger partial charge in [0.15, 0.2) is 5.76 Å². The molecular formula is C26H27N9O2. The third-order valence-corrected chi connectivity index (χ3v) is 7.32. The van der Waals surface area contributed by atoms with Crippen molar-refractivity contribution in [2.24, 2.45) is 5.92 Å². The van der Waals surface area contributed by atoms with Gasteiger partial charge in [0.25, 0.3) is 5.78 Å². The first-order valence-corrected chi connectivity index (χ1v) is 12.6. The van der Waals surface area contributed by atoms with Gasteiger partial charge < -0.3 is 19.8 Å². The number of nitrogens with zero attached hydrogens (tertiary/aromatic N) is 8. The molecule has 0 saturated carbocycles. The van der Waals surface area contributed by atoms with Gasteiger partial charge in [0, 0.05) is 55.8 Å². The highest BCUT2D eigenvalue weighted by molar-refractivity contribution is 5.82. The molecular weight excluding hydrogens is 470 g/mol. The van der Waals surface area contributed by atoms with Crippen molar-refractivity contribution in [3.05, 3.63) is 54.9 Å². The molecule has 2 saturated heterocycles. The number of piperidine rings is 1. The first-order chi connectivity index (χ1) is 18.2. The fourth-order valence-electron chi connectivity index (χ4n) is 5.37. The summed E-state index contributed by atoms with van der Waals surface area (Å²) in [4.78, 5) is 22.9. The van der Waals surface area contributed by atoms with E-state index in [1.807, 2.05) is 24.4 Å². The molecule has 188 valence electrons. The predicted molar refractivity (Wildman–Crippen MR) is 138 cm³/mol. The molecule has 0 radical (unpaired) electrons. The van der Waals surface area contributed by atoms with Gasteiger partial charge in [0.1, 0.15) is 0 Å². The minimum Gasteiger partial charge on any atom is -0.477 e. The van der Waals surface area contributed by atoms with E-state index < -0.39 is 0 Å². The number of hydrogen-bond donors (Lipinski definition) is 1. The van der Waals surface area contributed by atoms with Crippen LogP contribution >= 0.6 is 0 Å². The van der Waals surface area contributed by atoms with Crippen molar-refractivity contribution >= 4 is 28.4 Å². The zero-order chi connectivity index (χ0) is 24.8. The van der Waals surface area contributed by atoms with Gasteiger partial charge in [0.2, 0.25) is 23.6 Å². The number of piperazine rings is 1. The molecule has 1 aromatic carbocycles. The summed E-state index contributed by atoms with van der Waals surface area (Å²) in [5.74, 6) is 3.45. The van der Waals surface area contributed by atoms with Crippen LogP contribution in [0.3, 0.4) is 0 Å². The van der Waals surface area contributed by atoms with Gasteiger partial charge in [0.05, 0.1) is 12.9 Å². The molecule has 0 bridgehead atoms. The minimum absolute atomic E-state index is 0.260. The average Bonchev–Trinajstić information content (AvgIpc) is 3.62. The van der Waals surface area contributed by atoms with Crippen LogP contribution in [-0.4, -0.2) is 73.3 Å². The topological polar surface area (TPSA) is 124 Å². The van der Waals surface area contributed by atoms with Gasteiger partial charge >= 0.3 is 0 Å². The molecule has 11 heteroatoms. The van der Waals surface area contributed by atoms with E-state index in [-0.39, 0.29) is 5.95 Å². The lowest BCUT2D eigenvalue weighted by molar-refractivity contribution is 0.0716. The molecule has 6 heterocycles. The van der Waals surface area contributed by atoms with Crippen LogP contribution in [0.25, 0.3) is 28.1 Å². The van der Waals surface area contributed by atoms with Crippen LogP contribution < -0.4 is 15.4 Å². The van der Waals surface area contributed by atoms with Crippen molar-refractivity contribution in [3.63, 3.8) is 0 Å². The van der Waals surface area contributed by atoms with Crippen LogP contribution in [0.4, 0.5) is 11.9 Å². The van der Waals surface area contributed by atoms with Gasteiger partial charge in [-0.1, -0.05) is 24.3 Å². The van der Waals surface area contributed by atoms with Crippen molar-refractivity contribution in [2.75, 3.05) is 43.4 Å². The monoisotopic (exact) mass is 497 g/mol. The lowest BCUT2D eigenvalue weighted by Crippen LogP contribution is -2.57. The minimum atomic E-state index is 0.260. The number of nitrogens with two attached hydrogens (primary N) is 1. The van der Waals surface area contributed by atoms with Crippen molar-refractivity contribution < 1.29 is 9.15 Å². The summed E-state index contributed by atoms with van der Waals surface area (Å²) in [7, 11) is 0. The number of pyridine rings is 1. The third kappa shape index (κ3) is 4.20. The lowest BCUT2D eigenvalue weighted by atomic mass is 9.91. The van der Waals surface area contributed by atoms with Crippen LogP contribution in [0.15, 0.2) is 59.3 Å². The summed E-state index contributed by atoms with van der Waals surface area (Å²) in [6.45, 7) is 4.32. The number of hydrogen-bond acceptors (Lipinski definition) is 10. The van der Waals surface area contributed by atoms with Crippen LogP contribution in [0.1, 0.15) is 12.8 Å². The second kappa shape index (κ2) is 9.00. The highest BCUT2D eigenvalue weighted by Crippen LogP contribution is 2.28. The van der Waals surface area contributed by atoms with E-state index in [0.29, 0.717) is 47.8 Å². The largest absolute Gasteiger partial charge is 0.477 e. The normalized spacial score (nSPS) is 20.4. The van der Waals surface area contributed by atoms with Gasteiger partial charge in [-0.05, 0) is 30.4 Å². The fraction of sp³-hybridized carbons (Fsp3) is 0.346. The number of nitrogen functional groups attached to an aromatic ring is 1. The highest BCUT2D eigenvalue weighted by atomic mass is 16.5. The number of benzene rings is 1. The van der Waals surface area contributed by atoms with Gasteiger partial charge in [-0.15, -0.1) is 5.10 Å². The zero-order valence-electron chi connectivity index (χ0n) is 20.3. The number of anilines is 2. The summed E-state index contributed by atoms with van der Waals surface area (Å²) < 4.78 is 13.0. The Morgan fingerprint density at radius 2 is 1.92 bits per heavy atom. The van der Waals surface area contributed by atoms with Crippen LogP contribution in [0, 0.1) is 5.92 Å². The Morgan fingerprint density at radius 3 is 2.81 bits per heavy atom. The van der Waals surface area contributed by atoms with Gasteiger partial charge in [-0.3, -0.25) is 4.90 Å². The van der Waals surface area contributed by atoms with Crippen molar-refractivity contribution in [2.45, 2.75) is 18.9 Å². The van der Waals surface area contributed by atoms with E-state index in [4.69, 9.17) is 14.9 Å². The average molecular weight is 498 g/mol. The standard InChI is InChI=1S/C26H27N9O2/c27-24-30-25(31-26-29-23(32-35(24)26)21-6-3-11-36-21)34-10-9-33-14-17(7-8-20(33)15-34)16-37-22-12-18-4-1-2-5-19(18)13-28-22/h1-6,11-13,17,20H,7-10,14-16H2,(H2,27,29,30,31,32). The van der Waals surface area contributed by atoms with Crippen LogP contribution in [0.2, 0.25) is 0 Å². The first-order valence-electron chi connectivity index (χ1n) is 12.6. The number of ether oxygens (including phenoxy) is 1. The molecule has 2 fully saturated rings. The van der Waals surface area contributed by atoms with Crippen LogP contribution in [-0.2, 0) is 0 Å². The van der Waals surface area contributed by atoms with E-state index in [9.17, 15) is 0 Å². The summed E-state index contributed by atoms with van der Waals surface area (Å²) in [5, 5.41) is 6.66. The number of fused-ring (bicyclic) bond motifs is 3. The van der Waals surface area contributed by atoms with Crippen molar-refractivity contribution in [1.29, 1.82) is 0 Å². The Hall–Kier alpha value is -4.25. The second-order valence-corrected chi connectivity index (χ2v) is 9.73. The number of rotatable bonds is 5. The van der Waals surface area contributed by atoms with E-state index in [1.54, 1.807) is 18.4 Å². The lowest BCUT2D eigenvalue weighted by Gasteiger charge is -2.46. The molecule has 11 nitrogen and oxygen atoms in total. The molecule has 2 N–H and O–H groups in total. The molecule has 4 aromatic heterocycles. The van der Waals surface area contributed by atoms with Gasteiger partial charge in [-0.25, -0.2) is 4.98 Å². The molecule has 7 rings (SSSR count). The third-order valence-electron chi connectivity index (χ3n) is 7.32. The molecule has 5 aromatic rings. The number of aromatic nitrogens is 6. The Morgan fingerprint density at radius 1 is 1.00 bits per heavy atom. The van der Waals surface area contributed by atoms with Gasteiger partial charge in [-0.2, -0.15) is 19.5 Å². The molecule has 0 amide bonds. The quantitative estimate of drug-likeness (QED) is 0.388. The smallest absolute Gasteiger partial charge is 0.259 e. The molecule has 0 aliphatic carbocycles. The molecule has 2 unspecified atom stereocenters. The maximum absolute atomic E-state index is 6.21. The maximum Gasteiger partial charge on any atom is 0.259 e. The summed E-state index contributed by atoms with van der Waals surface area (Å²) in [6.07, 6.45) is 5.68. The molecule has 0 spiro atoms. The molecule has 2 atom stereocenters. The highest BCUT2D eigenvalue weighted by Gasteiger charge is 2.34. The molecule has 2 aliphatic heterocycles. The summed E-state index contributed by atoms with van der Waals surface area (Å²) in [5.41, 5.74) is 6.21. The zero-order valence-corrected chi connectivity index (χ0v) is 20.3. The van der Waals surface area contributed by atoms with E-state index in [0.717, 1.165) is 49.8 Å². The number of furan rings is 1. The van der Waals surface area contributed by atoms with E-state index >= 15 is 0 Å². The Labute approximate surface area is 212 Å². The van der Waals surface area contributed by atoms with Crippen LogP contribution in [0.5, 0.6) is 5.88 Å². The van der Waals surface area contributed by atoms with Crippen molar-refractivity contribution in [3.8, 4) is 17.5 Å². The fourth-order valence-corrected chi connectivity index (χ4v) is 5.37. The Kier molecular flexibility index (Phi) is 5.35. The molecule has 37 heavy (non-hydrogen) atoms. The first kappa shape index (κ1) is 22.0. The van der Waals surface area contributed by atoms with Crippen molar-refractivity contribution in [1.82, 2.24) is 34.4 Å². The Balaban J connectivity index is 0.996. The summed E-state index contributed by atoms with van der Waals surface area (Å²) in [6, 6.07) is 14.3. The maximum atomic E-state index is 6.21. The second-order valence-electron chi connectivity index (χ2n) is 9.73. The molecule has 2 aliphatic rings. The predicted octanol–water partition coefficient (Wildman–Crippen LogP) is 2.89. The summed E-state index contributed by atoms with van der Waals surface area (Å²) >= 11 is 0. The Bertz CT molecular complexity index is 1550.